The number of halogens is 1. The molecule has 2 aromatic carbocycles. The Balaban J connectivity index is 1.96. The molecule has 3 heteroatoms. The van der Waals surface area contributed by atoms with Crippen LogP contribution in [0.3, 0.4) is 0 Å². The van der Waals surface area contributed by atoms with E-state index in [2.05, 4.69) is 26.1 Å². The van der Waals surface area contributed by atoms with Gasteiger partial charge in [0.1, 0.15) is 18.2 Å². The number of hydrogen-bond donors (Lipinski definition) is 1. The summed E-state index contributed by atoms with van der Waals surface area (Å²) in [4.78, 5) is 0. The largest absolute Gasteiger partial charge is 0.489 e. The molecule has 2 aromatic rings. The fraction of sp³-hybridized carbons (Fsp3) is 0.294. The molecular weight excluding hydrogens is 253 g/mol. The quantitative estimate of drug-likeness (QED) is 0.878. The Labute approximate surface area is 119 Å². The predicted molar refractivity (Wildman–Crippen MR) is 80.5 cm³/mol. The van der Waals surface area contributed by atoms with Gasteiger partial charge in [-0.15, -0.1) is 0 Å². The minimum absolute atomic E-state index is 0.0234. The van der Waals surface area contributed by atoms with Gasteiger partial charge in [-0.2, -0.15) is 0 Å². The lowest BCUT2D eigenvalue weighted by molar-refractivity contribution is 0.300. The van der Waals surface area contributed by atoms with Gasteiger partial charge in [0.15, 0.2) is 0 Å². The third-order valence-corrected chi connectivity index (χ3v) is 2.73. The molecule has 2 rings (SSSR count). The molecule has 0 radical (unpaired) electrons. The molecule has 2 nitrogen and oxygen atoms in total. The van der Waals surface area contributed by atoms with Crippen molar-refractivity contribution in [2.75, 3.05) is 5.32 Å². The van der Waals surface area contributed by atoms with E-state index in [9.17, 15) is 4.39 Å². The number of hydrogen-bond acceptors (Lipinski definition) is 2. The van der Waals surface area contributed by atoms with E-state index >= 15 is 0 Å². The van der Waals surface area contributed by atoms with E-state index in [0.717, 1.165) is 11.4 Å². The van der Waals surface area contributed by atoms with Gasteiger partial charge >= 0.3 is 0 Å². The Hall–Kier alpha value is -2.03. The summed E-state index contributed by atoms with van der Waals surface area (Å²) in [7, 11) is 0. The lowest BCUT2D eigenvalue weighted by atomic mass is 10.1. The van der Waals surface area contributed by atoms with Crippen molar-refractivity contribution >= 4 is 5.69 Å². The fourth-order valence-corrected chi connectivity index (χ4v) is 1.84. The van der Waals surface area contributed by atoms with E-state index < -0.39 is 0 Å². The summed E-state index contributed by atoms with van der Waals surface area (Å²) in [6, 6.07) is 14.3. The summed E-state index contributed by atoms with van der Waals surface area (Å²) in [6.07, 6.45) is 0. The van der Waals surface area contributed by atoms with Crippen molar-refractivity contribution in [1.29, 1.82) is 0 Å². The van der Waals surface area contributed by atoms with Gasteiger partial charge in [0, 0.05) is 16.8 Å². The molecule has 0 saturated heterocycles. The van der Waals surface area contributed by atoms with Crippen molar-refractivity contribution in [2.24, 2.45) is 0 Å². The number of nitrogens with one attached hydrogen (secondary N) is 1. The summed E-state index contributed by atoms with van der Waals surface area (Å²) in [5.41, 5.74) is 1.62. The number of ether oxygens (including phenoxy) is 1. The normalized spacial score (nSPS) is 11.2. The fourth-order valence-electron chi connectivity index (χ4n) is 1.84. The summed E-state index contributed by atoms with van der Waals surface area (Å²) >= 11 is 0. The molecule has 0 aliphatic carbocycles. The number of rotatable bonds is 4. The van der Waals surface area contributed by atoms with Crippen molar-refractivity contribution in [1.82, 2.24) is 0 Å². The summed E-state index contributed by atoms with van der Waals surface area (Å²) < 4.78 is 19.0. The van der Waals surface area contributed by atoms with Crippen LogP contribution in [-0.2, 0) is 6.61 Å². The average molecular weight is 273 g/mol. The van der Waals surface area contributed by atoms with E-state index in [1.165, 1.54) is 6.07 Å². The summed E-state index contributed by atoms with van der Waals surface area (Å²) in [6.45, 7) is 6.56. The van der Waals surface area contributed by atoms with Crippen molar-refractivity contribution < 1.29 is 9.13 Å². The van der Waals surface area contributed by atoms with Crippen molar-refractivity contribution in [3.05, 3.63) is 59.9 Å². The third-order valence-electron chi connectivity index (χ3n) is 2.73. The van der Waals surface area contributed by atoms with E-state index in [1.807, 2.05) is 24.3 Å². The Morgan fingerprint density at radius 2 is 1.65 bits per heavy atom. The topological polar surface area (TPSA) is 21.3 Å². The van der Waals surface area contributed by atoms with Crippen LogP contribution in [0.25, 0.3) is 0 Å². The maximum Gasteiger partial charge on any atom is 0.129 e. The second kappa shape index (κ2) is 5.95. The van der Waals surface area contributed by atoms with Crippen LogP contribution in [0.2, 0.25) is 0 Å². The summed E-state index contributed by atoms with van der Waals surface area (Å²) in [5, 5.41) is 3.38. The smallest absolute Gasteiger partial charge is 0.129 e. The first kappa shape index (κ1) is 14.4. The maximum absolute atomic E-state index is 13.5. The Bertz CT molecular complexity index is 558. The zero-order valence-corrected chi connectivity index (χ0v) is 12.1. The molecule has 0 aromatic heterocycles. The van der Waals surface area contributed by atoms with Gasteiger partial charge in [0.2, 0.25) is 0 Å². The Morgan fingerprint density at radius 3 is 2.25 bits per heavy atom. The molecule has 0 saturated carbocycles. The molecule has 1 N–H and O–H groups in total. The van der Waals surface area contributed by atoms with Crippen molar-refractivity contribution in [3.8, 4) is 5.75 Å². The van der Waals surface area contributed by atoms with Crippen LogP contribution in [0, 0.1) is 5.82 Å². The Morgan fingerprint density at radius 1 is 1.00 bits per heavy atom. The van der Waals surface area contributed by atoms with Gasteiger partial charge in [0.25, 0.3) is 0 Å². The molecule has 20 heavy (non-hydrogen) atoms. The minimum Gasteiger partial charge on any atom is -0.489 e. The van der Waals surface area contributed by atoms with Crippen LogP contribution in [0.5, 0.6) is 5.75 Å². The first-order valence-electron chi connectivity index (χ1n) is 6.68. The van der Waals surface area contributed by atoms with Crippen LogP contribution < -0.4 is 10.1 Å². The van der Waals surface area contributed by atoms with Crippen LogP contribution in [0.4, 0.5) is 10.1 Å². The molecule has 0 atom stereocenters. The van der Waals surface area contributed by atoms with Crippen LogP contribution in [0.15, 0.2) is 48.5 Å². The lowest BCUT2D eigenvalue weighted by Gasteiger charge is -2.22. The highest BCUT2D eigenvalue weighted by Crippen LogP contribution is 2.20. The van der Waals surface area contributed by atoms with Gasteiger partial charge < -0.3 is 10.1 Å². The van der Waals surface area contributed by atoms with E-state index in [1.54, 1.807) is 18.2 Å². The Kier molecular flexibility index (Phi) is 4.28. The monoisotopic (exact) mass is 273 g/mol. The zero-order valence-electron chi connectivity index (χ0n) is 12.1. The molecule has 0 aliphatic heterocycles. The lowest BCUT2D eigenvalue weighted by Crippen LogP contribution is -2.25. The first-order valence-corrected chi connectivity index (χ1v) is 6.68. The zero-order chi connectivity index (χ0) is 14.6. The minimum atomic E-state index is -0.237. The molecule has 0 spiro atoms. The van der Waals surface area contributed by atoms with E-state index in [0.29, 0.717) is 5.56 Å². The van der Waals surface area contributed by atoms with Gasteiger partial charge in [-0.1, -0.05) is 18.2 Å². The number of anilines is 1. The first-order chi connectivity index (χ1) is 9.44. The van der Waals surface area contributed by atoms with Crippen LogP contribution >= 0.6 is 0 Å². The highest BCUT2D eigenvalue weighted by atomic mass is 19.1. The van der Waals surface area contributed by atoms with Crippen LogP contribution in [-0.4, -0.2) is 5.54 Å². The van der Waals surface area contributed by atoms with Gasteiger partial charge in [-0.05, 0) is 51.1 Å². The molecular formula is C17H20FNO. The van der Waals surface area contributed by atoms with Crippen molar-refractivity contribution in [2.45, 2.75) is 32.9 Å². The maximum atomic E-state index is 13.5. The van der Waals surface area contributed by atoms with E-state index in [-0.39, 0.29) is 18.0 Å². The SMILES string of the molecule is CC(C)(C)Nc1ccc(OCc2ccccc2F)cc1. The molecule has 0 amide bonds. The second-order valence-corrected chi connectivity index (χ2v) is 5.78. The molecule has 0 unspecified atom stereocenters. The summed E-state index contributed by atoms with van der Waals surface area (Å²) in [5.74, 6) is 0.492. The highest BCUT2D eigenvalue weighted by molar-refractivity contribution is 5.47. The second-order valence-electron chi connectivity index (χ2n) is 5.78. The van der Waals surface area contributed by atoms with E-state index in [4.69, 9.17) is 4.74 Å². The molecule has 0 fully saturated rings. The standard InChI is InChI=1S/C17H20FNO/c1-17(2,3)19-14-8-10-15(11-9-14)20-12-13-6-4-5-7-16(13)18/h4-11,19H,12H2,1-3H3. The van der Waals surface area contributed by atoms with Gasteiger partial charge in [0.05, 0.1) is 0 Å². The average Bonchev–Trinajstić information content (AvgIpc) is 2.38. The molecule has 106 valence electrons. The van der Waals surface area contributed by atoms with Crippen molar-refractivity contribution in [3.63, 3.8) is 0 Å². The highest BCUT2D eigenvalue weighted by Gasteiger charge is 2.09. The third kappa shape index (κ3) is 4.26. The molecule has 0 heterocycles. The number of benzene rings is 2. The predicted octanol–water partition coefficient (Wildman–Crippen LogP) is 4.62. The van der Waals surface area contributed by atoms with Crippen LogP contribution in [0.1, 0.15) is 26.3 Å². The van der Waals surface area contributed by atoms with Gasteiger partial charge in [-0.3, -0.25) is 0 Å². The molecule has 0 aliphatic rings. The molecule has 0 bridgehead atoms. The van der Waals surface area contributed by atoms with Gasteiger partial charge in [-0.25, -0.2) is 4.39 Å².